The van der Waals surface area contributed by atoms with Crippen molar-refractivity contribution in [2.75, 3.05) is 13.2 Å². The third-order valence-corrected chi connectivity index (χ3v) is 1.85. The van der Waals surface area contributed by atoms with E-state index in [4.69, 9.17) is 19.5 Å². The average molecular weight is 211 g/mol. The van der Waals surface area contributed by atoms with E-state index in [9.17, 15) is 4.79 Å². The number of nitrogens with zero attached hydrogens (tertiary/aromatic N) is 1. The third kappa shape index (κ3) is 3.35. The summed E-state index contributed by atoms with van der Waals surface area (Å²) >= 11 is 0. The predicted octanol–water partition coefficient (Wildman–Crippen LogP) is 0.761. The lowest BCUT2D eigenvalue weighted by Crippen LogP contribution is -2.25. The Morgan fingerprint density at radius 1 is 1.73 bits per heavy atom. The number of ether oxygens (including phenoxy) is 3. The molecule has 0 unspecified atom stereocenters. The van der Waals surface area contributed by atoms with Gasteiger partial charge in [-0.15, -0.1) is 0 Å². The molecule has 5 heteroatoms. The average Bonchev–Trinajstić information content (AvgIpc) is 2.53. The van der Waals surface area contributed by atoms with Gasteiger partial charge in [-0.05, 0) is 13.8 Å². The molecule has 0 saturated carbocycles. The zero-order chi connectivity index (χ0) is 11.5. The summed E-state index contributed by atoms with van der Waals surface area (Å²) in [5, 5.41) is 8.37. The number of rotatable bonds is 3. The number of nitriles is 1. The van der Waals surface area contributed by atoms with Gasteiger partial charge in [-0.2, -0.15) is 5.26 Å². The van der Waals surface area contributed by atoms with Crippen LogP contribution in [0.15, 0.2) is 12.2 Å². The molecule has 1 aliphatic heterocycles. The van der Waals surface area contributed by atoms with Crippen molar-refractivity contribution in [3.05, 3.63) is 12.2 Å². The van der Waals surface area contributed by atoms with Gasteiger partial charge < -0.3 is 14.2 Å². The Morgan fingerprint density at radius 2 is 2.40 bits per heavy atom. The second-order valence-corrected chi connectivity index (χ2v) is 3.64. The summed E-state index contributed by atoms with van der Waals surface area (Å²) in [6, 6.07) is 1.62. The van der Waals surface area contributed by atoms with E-state index in [2.05, 4.69) is 6.58 Å². The van der Waals surface area contributed by atoms with Crippen LogP contribution in [0, 0.1) is 11.3 Å². The van der Waals surface area contributed by atoms with Gasteiger partial charge in [0, 0.05) is 0 Å². The summed E-state index contributed by atoms with van der Waals surface area (Å²) in [6.45, 7) is 7.25. The predicted molar refractivity (Wildman–Crippen MR) is 50.6 cm³/mol. The van der Waals surface area contributed by atoms with Crippen molar-refractivity contribution in [2.24, 2.45) is 0 Å². The van der Waals surface area contributed by atoms with E-state index in [-0.39, 0.29) is 18.3 Å². The number of carbonyl (C=O) groups is 1. The fourth-order valence-corrected chi connectivity index (χ4v) is 1.15. The Balaban J connectivity index is 2.31. The van der Waals surface area contributed by atoms with Crippen LogP contribution in [0.5, 0.6) is 0 Å². The van der Waals surface area contributed by atoms with Gasteiger partial charge in [0.15, 0.2) is 5.79 Å². The van der Waals surface area contributed by atoms with Crippen LogP contribution in [-0.2, 0) is 19.0 Å². The molecule has 1 aliphatic rings. The van der Waals surface area contributed by atoms with Crippen molar-refractivity contribution in [3.63, 3.8) is 0 Å². The summed E-state index contributed by atoms with van der Waals surface area (Å²) in [5.74, 6) is -1.35. The summed E-state index contributed by atoms with van der Waals surface area (Å²) in [6.07, 6.45) is -0.282. The van der Waals surface area contributed by atoms with E-state index in [1.165, 1.54) is 0 Å². The number of hydrogen-bond acceptors (Lipinski definition) is 5. The highest BCUT2D eigenvalue weighted by molar-refractivity contribution is 5.91. The van der Waals surface area contributed by atoms with Crippen molar-refractivity contribution in [1.29, 1.82) is 5.26 Å². The number of esters is 1. The maximum atomic E-state index is 11.1. The topological polar surface area (TPSA) is 68.6 Å². The van der Waals surface area contributed by atoms with Crippen LogP contribution in [0.1, 0.15) is 13.8 Å². The molecule has 5 nitrogen and oxygen atoms in total. The van der Waals surface area contributed by atoms with Gasteiger partial charge in [-0.25, -0.2) is 4.79 Å². The molecule has 1 heterocycles. The van der Waals surface area contributed by atoms with Crippen LogP contribution in [-0.4, -0.2) is 31.1 Å². The summed E-state index contributed by atoms with van der Waals surface area (Å²) in [4.78, 5) is 11.1. The quantitative estimate of drug-likeness (QED) is 0.391. The van der Waals surface area contributed by atoms with Crippen LogP contribution in [0.25, 0.3) is 0 Å². The monoisotopic (exact) mass is 211 g/mol. The summed E-state index contributed by atoms with van der Waals surface area (Å²) in [7, 11) is 0. The molecule has 1 atom stereocenters. The zero-order valence-electron chi connectivity index (χ0n) is 8.78. The molecule has 0 aromatic heterocycles. The first-order valence-corrected chi connectivity index (χ1v) is 4.52. The van der Waals surface area contributed by atoms with Gasteiger partial charge >= 0.3 is 5.97 Å². The Morgan fingerprint density at radius 3 is 2.87 bits per heavy atom. The molecule has 1 rings (SSSR count). The Bertz CT molecular complexity index is 316. The van der Waals surface area contributed by atoms with Gasteiger partial charge in [0.05, 0.1) is 6.61 Å². The normalized spacial score (nSPS) is 23.1. The van der Waals surface area contributed by atoms with Gasteiger partial charge in [0.2, 0.25) is 0 Å². The van der Waals surface area contributed by atoms with E-state index in [0.717, 1.165) is 0 Å². The maximum absolute atomic E-state index is 11.1. The van der Waals surface area contributed by atoms with Crippen molar-refractivity contribution in [1.82, 2.24) is 0 Å². The standard InChI is InChI=1S/C10H13NO4/c1-7(4-11)9(12)13-5-8-6-14-10(2,3)15-8/h8H,1,5-6H2,2-3H3/t8-/m0/s1. The maximum Gasteiger partial charge on any atom is 0.348 e. The highest BCUT2D eigenvalue weighted by Gasteiger charge is 2.33. The number of hydrogen-bond donors (Lipinski definition) is 0. The van der Waals surface area contributed by atoms with Gasteiger partial charge in [-0.1, -0.05) is 6.58 Å². The number of carbonyl (C=O) groups excluding carboxylic acids is 1. The molecule has 0 aromatic rings. The SMILES string of the molecule is C=C(C#N)C(=O)OC[C@H]1COC(C)(C)O1. The van der Waals surface area contributed by atoms with Gasteiger partial charge in [0.25, 0.3) is 0 Å². The molecule has 0 amide bonds. The molecule has 1 fully saturated rings. The first-order valence-electron chi connectivity index (χ1n) is 4.52. The minimum absolute atomic E-state index is 0.0724. The van der Waals surface area contributed by atoms with E-state index in [1.54, 1.807) is 19.9 Å². The van der Waals surface area contributed by atoms with E-state index in [1.807, 2.05) is 0 Å². The summed E-state index contributed by atoms with van der Waals surface area (Å²) < 4.78 is 15.5. The largest absolute Gasteiger partial charge is 0.459 e. The molecule has 82 valence electrons. The van der Waals surface area contributed by atoms with Crippen molar-refractivity contribution < 1.29 is 19.0 Å². The minimum Gasteiger partial charge on any atom is -0.459 e. The van der Waals surface area contributed by atoms with Gasteiger partial charge in [0.1, 0.15) is 24.4 Å². The molecule has 1 saturated heterocycles. The van der Waals surface area contributed by atoms with Crippen molar-refractivity contribution in [2.45, 2.75) is 25.7 Å². The van der Waals surface area contributed by atoms with E-state index >= 15 is 0 Å². The van der Waals surface area contributed by atoms with E-state index < -0.39 is 11.8 Å². The molecule has 0 aliphatic carbocycles. The third-order valence-electron chi connectivity index (χ3n) is 1.85. The lowest BCUT2D eigenvalue weighted by atomic mass is 10.3. The molecule has 0 bridgehead atoms. The van der Waals surface area contributed by atoms with E-state index in [0.29, 0.717) is 6.61 Å². The van der Waals surface area contributed by atoms with Crippen LogP contribution < -0.4 is 0 Å². The molecule has 0 aromatic carbocycles. The second-order valence-electron chi connectivity index (χ2n) is 3.64. The Labute approximate surface area is 88.2 Å². The fraction of sp³-hybridized carbons (Fsp3) is 0.600. The first-order chi connectivity index (χ1) is 6.94. The van der Waals surface area contributed by atoms with Crippen LogP contribution in [0.2, 0.25) is 0 Å². The highest BCUT2D eigenvalue weighted by Crippen LogP contribution is 2.22. The molecule has 0 N–H and O–H groups in total. The molecular formula is C10H13NO4. The lowest BCUT2D eigenvalue weighted by Gasteiger charge is -2.16. The zero-order valence-corrected chi connectivity index (χ0v) is 8.78. The lowest BCUT2D eigenvalue weighted by molar-refractivity contribution is -0.155. The van der Waals surface area contributed by atoms with Crippen LogP contribution in [0.3, 0.4) is 0 Å². The van der Waals surface area contributed by atoms with Crippen LogP contribution in [0.4, 0.5) is 0 Å². The second kappa shape index (κ2) is 4.43. The van der Waals surface area contributed by atoms with Crippen molar-refractivity contribution >= 4 is 5.97 Å². The Kier molecular flexibility index (Phi) is 3.45. The van der Waals surface area contributed by atoms with Crippen LogP contribution >= 0.6 is 0 Å². The highest BCUT2D eigenvalue weighted by atomic mass is 16.7. The van der Waals surface area contributed by atoms with Gasteiger partial charge in [-0.3, -0.25) is 0 Å². The molecular weight excluding hydrogens is 198 g/mol. The fourth-order valence-electron chi connectivity index (χ4n) is 1.15. The van der Waals surface area contributed by atoms with Crippen molar-refractivity contribution in [3.8, 4) is 6.07 Å². The Hall–Kier alpha value is -1.38. The molecule has 15 heavy (non-hydrogen) atoms. The summed E-state index contributed by atoms with van der Waals surface area (Å²) in [5.41, 5.74) is -0.215. The minimum atomic E-state index is -0.717. The smallest absolute Gasteiger partial charge is 0.348 e. The molecule has 0 radical (unpaired) electrons. The first kappa shape index (κ1) is 11.7. The molecule has 0 spiro atoms.